The van der Waals surface area contributed by atoms with Crippen molar-refractivity contribution in [1.82, 2.24) is 9.88 Å². The van der Waals surface area contributed by atoms with Crippen LogP contribution in [0.15, 0.2) is 17.5 Å². The number of amides is 1. The summed E-state index contributed by atoms with van der Waals surface area (Å²) in [7, 11) is 3.34. The van der Waals surface area contributed by atoms with Crippen LogP contribution in [-0.2, 0) is 24.3 Å². The van der Waals surface area contributed by atoms with Crippen LogP contribution in [0.2, 0.25) is 0 Å². The lowest BCUT2D eigenvalue weighted by molar-refractivity contribution is -0.120. The zero-order chi connectivity index (χ0) is 20.2. The number of aromatic nitrogens is 1. The number of hydrogen-bond acceptors (Lipinski definition) is 6. The summed E-state index contributed by atoms with van der Waals surface area (Å²) in [6.45, 7) is 2.62. The second-order valence-corrected chi connectivity index (χ2v) is 8.76. The Bertz CT molecular complexity index is 861. The van der Waals surface area contributed by atoms with E-state index in [1.807, 2.05) is 0 Å². The number of ether oxygens (including phenoxy) is 2. The monoisotopic (exact) mass is 415 g/mol. The molecule has 1 aromatic carbocycles. The number of thiazole rings is 1. The maximum atomic E-state index is 12.4. The van der Waals surface area contributed by atoms with E-state index in [1.54, 1.807) is 14.2 Å². The highest BCUT2D eigenvalue weighted by molar-refractivity contribution is 7.13. The van der Waals surface area contributed by atoms with Gasteiger partial charge in [0.1, 0.15) is 0 Å². The molecule has 1 N–H and O–H groups in total. The van der Waals surface area contributed by atoms with Gasteiger partial charge in [-0.1, -0.05) is 19.3 Å². The third kappa shape index (κ3) is 4.73. The van der Waals surface area contributed by atoms with Gasteiger partial charge in [-0.25, -0.2) is 4.98 Å². The first kappa shape index (κ1) is 20.2. The number of anilines is 1. The largest absolute Gasteiger partial charge is 0.493 e. The number of hydrogen-bond donors (Lipinski definition) is 1. The zero-order valence-corrected chi connectivity index (χ0v) is 18.0. The molecule has 156 valence electrons. The third-order valence-electron chi connectivity index (χ3n) is 5.94. The first-order chi connectivity index (χ1) is 14.2. The molecule has 1 amide bonds. The smallest absolute Gasteiger partial charge is 0.229 e. The molecule has 1 fully saturated rings. The summed E-state index contributed by atoms with van der Waals surface area (Å²) >= 11 is 1.52. The molecule has 6 nitrogen and oxygen atoms in total. The van der Waals surface area contributed by atoms with Gasteiger partial charge in [0.15, 0.2) is 16.6 Å². The summed E-state index contributed by atoms with van der Waals surface area (Å²) in [5.74, 6) is 1.85. The number of rotatable bonds is 6. The van der Waals surface area contributed by atoms with Gasteiger partial charge < -0.3 is 14.8 Å². The van der Waals surface area contributed by atoms with E-state index in [4.69, 9.17) is 9.47 Å². The zero-order valence-electron chi connectivity index (χ0n) is 17.2. The Morgan fingerprint density at radius 2 is 1.90 bits per heavy atom. The molecule has 2 aromatic rings. The van der Waals surface area contributed by atoms with E-state index in [-0.39, 0.29) is 11.8 Å². The first-order valence-corrected chi connectivity index (χ1v) is 11.3. The van der Waals surface area contributed by atoms with Crippen molar-refractivity contribution >= 4 is 22.4 Å². The van der Waals surface area contributed by atoms with Crippen molar-refractivity contribution in [3.63, 3.8) is 0 Å². The van der Waals surface area contributed by atoms with Gasteiger partial charge in [0, 0.05) is 30.9 Å². The van der Waals surface area contributed by atoms with Crippen LogP contribution in [-0.4, -0.2) is 36.6 Å². The number of carbonyl (C=O) groups excluding carboxylic acids is 1. The summed E-state index contributed by atoms with van der Waals surface area (Å²) in [5.41, 5.74) is 3.60. The van der Waals surface area contributed by atoms with Crippen LogP contribution in [0.3, 0.4) is 0 Å². The normalized spacial score (nSPS) is 17.6. The minimum atomic E-state index is 0.138. The molecule has 1 aliphatic carbocycles. The van der Waals surface area contributed by atoms with Crippen molar-refractivity contribution in [2.24, 2.45) is 5.92 Å². The molecule has 0 radical (unpaired) electrons. The minimum Gasteiger partial charge on any atom is -0.493 e. The van der Waals surface area contributed by atoms with Crippen LogP contribution in [0.4, 0.5) is 5.13 Å². The molecular formula is C22H29N3O3S. The average molecular weight is 416 g/mol. The van der Waals surface area contributed by atoms with Gasteiger partial charge in [-0.05, 0) is 42.5 Å². The van der Waals surface area contributed by atoms with Gasteiger partial charge in [0.25, 0.3) is 0 Å². The fourth-order valence-electron chi connectivity index (χ4n) is 4.31. The number of methoxy groups -OCH3 is 2. The Morgan fingerprint density at radius 3 is 2.62 bits per heavy atom. The van der Waals surface area contributed by atoms with Crippen LogP contribution >= 0.6 is 11.3 Å². The van der Waals surface area contributed by atoms with E-state index < -0.39 is 0 Å². The lowest BCUT2D eigenvalue weighted by Crippen LogP contribution is -2.30. The molecule has 0 atom stereocenters. The first-order valence-electron chi connectivity index (χ1n) is 10.4. The molecule has 0 bridgehead atoms. The number of carbonyl (C=O) groups is 1. The molecule has 2 heterocycles. The fraction of sp³-hybridized carbons (Fsp3) is 0.545. The van der Waals surface area contributed by atoms with Crippen LogP contribution in [0, 0.1) is 5.92 Å². The molecule has 4 rings (SSSR count). The summed E-state index contributed by atoms with van der Waals surface area (Å²) in [6.07, 6.45) is 6.56. The van der Waals surface area contributed by atoms with Gasteiger partial charge in [0.05, 0.1) is 19.9 Å². The van der Waals surface area contributed by atoms with E-state index in [2.05, 4.69) is 32.7 Å². The summed E-state index contributed by atoms with van der Waals surface area (Å²) < 4.78 is 10.9. The van der Waals surface area contributed by atoms with Crippen molar-refractivity contribution in [1.29, 1.82) is 0 Å². The molecule has 1 aliphatic heterocycles. The van der Waals surface area contributed by atoms with Gasteiger partial charge in [0.2, 0.25) is 5.91 Å². The van der Waals surface area contributed by atoms with Crippen molar-refractivity contribution in [3.05, 3.63) is 34.3 Å². The minimum absolute atomic E-state index is 0.138. The van der Waals surface area contributed by atoms with Crippen LogP contribution in [0.1, 0.15) is 48.9 Å². The average Bonchev–Trinajstić information content (AvgIpc) is 3.19. The Kier molecular flexibility index (Phi) is 6.35. The topological polar surface area (TPSA) is 63.7 Å². The van der Waals surface area contributed by atoms with E-state index >= 15 is 0 Å². The molecule has 0 saturated heterocycles. The van der Waals surface area contributed by atoms with Crippen molar-refractivity contribution in [3.8, 4) is 11.5 Å². The lowest BCUT2D eigenvalue weighted by Gasteiger charge is -2.29. The van der Waals surface area contributed by atoms with Gasteiger partial charge in [-0.3, -0.25) is 9.69 Å². The maximum Gasteiger partial charge on any atom is 0.229 e. The molecule has 2 aliphatic rings. The predicted octanol–water partition coefficient (Wildman–Crippen LogP) is 4.24. The van der Waals surface area contributed by atoms with E-state index in [0.717, 1.165) is 74.1 Å². The maximum absolute atomic E-state index is 12.4. The quantitative estimate of drug-likeness (QED) is 0.765. The van der Waals surface area contributed by atoms with Crippen molar-refractivity contribution < 1.29 is 14.3 Å². The second kappa shape index (κ2) is 9.13. The summed E-state index contributed by atoms with van der Waals surface area (Å²) in [5, 5.41) is 5.81. The van der Waals surface area contributed by atoms with Crippen molar-refractivity contribution in [2.45, 2.75) is 51.6 Å². The number of nitrogens with one attached hydrogen (secondary N) is 1. The van der Waals surface area contributed by atoms with E-state index in [0.29, 0.717) is 0 Å². The highest BCUT2D eigenvalue weighted by Crippen LogP contribution is 2.33. The molecule has 29 heavy (non-hydrogen) atoms. The van der Waals surface area contributed by atoms with Crippen molar-refractivity contribution in [2.75, 3.05) is 26.1 Å². The lowest BCUT2D eigenvalue weighted by atomic mass is 9.89. The van der Waals surface area contributed by atoms with Gasteiger partial charge in [-0.15, -0.1) is 11.3 Å². The summed E-state index contributed by atoms with van der Waals surface area (Å²) in [6, 6.07) is 4.17. The number of benzene rings is 1. The Hall–Kier alpha value is -2.12. The highest BCUT2D eigenvalue weighted by Gasteiger charge is 2.23. The number of fused-ring (bicyclic) bond motifs is 1. The molecular weight excluding hydrogens is 386 g/mol. The van der Waals surface area contributed by atoms with Crippen LogP contribution in [0.5, 0.6) is 11.5 Å². The van der Waals surface area contributed by atoms with Gasteiger partial charge in [-0.2, -0.15) is 0 Å². The predicted molar refractivity (Wildman–Crippen MR) is 115 cm³/mol. The Labute approximate surface area is 176 Å². The highest BCUT2D eigenvalue weighted by atomic mass is 32.1. The molecule has 1 aromatic heterocycles. The Morgan fingerprint density at radius 1 is 1.17 bits per heavy atom. The van der Waals surface area contributed by atoms with Gasteiger partial charge >= 0.3 is 0 Å². The second-order valence-electron chi connectivity index (χ2n) is 7.90. The standard InChI is InChI=1S/C22H29N3O3S/c1-27-19-10-16-8-9-25(12-17(16)11-20(19)28-2)13-18-14-29-22(23-18)24-21(26)15-6-4-3-5-7-15/h10-11,14-15H,3-9,12-13H2,1-2H3,(H,23,24,26). The van der Waals surface area contributed by atoms with E-state index in [1.165, 1.54) is 28.9 Å². The SMILES string of the molecule is COc1cc2c(cc1OC)CN(Cc1csc(NC(=O)C3CCCCC3)n1)CC2. The molecule has 1 saturated carbocycles. The summed E-state index contributed by atoms with van der Waals surface area (Å²) in [4.78, 5) is 19.5. The molecule has 0 unspecified atom stereocenters. The number of nitrogens with zero attached hydrogens (tertiary/aromatic N) is 2. The Balaban J connectivity index is 1.36. The third-order valence-corrected chi connectivity index (χ3v) is 6.75. The molecule has 7 heteroatoms. The van der Waals surface area contributed by atoms with E-state index in [9.17, 15) is 4.79 Å². The van der Waals surface area contributed by atoms with Crippen LogP contribution in [0.25, 0.3) is 0 Å². The van der Waals surface area contributed by atoms with Crippen LogP contribution < -0.4 is 14.8 Å². The fourth-order valence-corrected chi connectivity index (χ4v) is 5.02. The molecule has 0 spiro atoms.